The first-order chi connectivity index (χ1) is 13.5. The van der Waals surface area contributed by atoms with Gasteiger partial charge >= 0.3 is 0 Å². The maximum atomic E-state index is 13.4. The van der Waals surface area contributed by atoms with Crippen LogP contribution in [0.15, 0.2) is 60.1 Å². The van der Waals surface area contributed by atoms with E-state index in [9.17, 15) is 18.7 Å². The number of thiazole rings is 1. The molecule has 0 atom stereocenters. The topological polar surface area (TPSA) is 54.6 Å². The fraction of sp³-hybridized carbons (Fsp3) is 0.0476. The minimum atomic E-state index is -0.800. The Labute approximate surface area is 163 Å². The minimum Gasteiger partial charge on any atom is -0.392 e. The summed E-state index contributed by atoms with van der Waals surface area (Å²) in [5, 5.41) is 11.1. The molecule has 0 spiro atoms. The second-order valence-corrected chi connectivity index (χ2v) is 6.98. The molecule has 4 aromatic rings. The van der Waals surface area contributed by atoms with E-state index in [1.54, 1.807) is 18.2 Å². The molecule has 0 radical (unpaired) electrons. The number of nitrogens with zero attached hydrogens (tertiary/aromatic N) is 2. The van der Waals surface area contributed by atoms with Crippen molar-refractivity contribution < 1.29 is 18.7 Å². The molecule has 0 bridgehead atoms. The number of aromatic nitrogens is 2. The molecule has 0 aliphatic heterocycles. The van der Waals surface area contributed by atoms with Crippen molar-refractivity contribution in [3.63, 3.8) is 0 Å². The molecule has 140 valence electrons. The molecule has 0 amide bonds. The zero-order valence-corrected chi connectivity index (χ0v) is 15.3. The molecule has 2 aromatic heterocycles. The van der Waals surface area contributed by atoms with E-state index in [2.05, 4.69) is 4.98 Å². The number of carbonyl (C=O) groups is 1. The Morgan fingerprint density at radius 3 is 2.54 bits per heavy atom. The van der Waals surface area contributed by atoms with E-state index < -0.39 is 17.4 Å². The van der Waals surface area contributed by atoms with Crippen LogP contribution in [0.5, 0.6) is 0 Å². The maximum absolute atomic E-state index is 13.4. The quantitative estimate of drug-likeness (QED) is 0.392. The summed E-state index contributed by atoms with van der Waals surface area (Å²) in [6, 6.07) is 10.0. The van der Waals surface area contributed by atoms with Gasteiger partial charge in [-0.05, 0) is 29.8 Å². The van der Waals surface area contributed by atoms with Crippen molar-refractivity contribution in [1.82, 2.24) is 9.38 Å². The molecule has 7 heteroatoms. The van der Waals surface area contributed by atoms with E-state index in [0.29, 0.717) is 11.4 Å². The number of aliphatic hydroxyl groups is 1. The van der Waals surface area contributed by atoms with Crippen molar-refractivity contribution in [2.24, 2.45) is 0 Å². The molecule has 0 unspecified atom stereocenters. The Morgan fingerprint density at radius 2 is 1.86 bits per heavy atom. The van der Waals surface area contributed by atoms with Gasteiger partial charge in [0.15, 0.2) is 10.7 Å². The van der Waals surface area contributed by atoms with Gasteiger partial charge in [-0.2, -0.15) is 0 Å². The third-order valence-corrected chi connectivity index (χ3v) is 5.01. The van der Waals surface area contributed by atoms with E-state index >= 15 is 0 Å². The highest BCUT2D eigenvalue weighted by molar-refractivity contribution is 7.15. The first-order valence-corrected chi connectivity index (χ1v) is 9.27. The summed E-state index contributed by atoms with van der Waals surface area (Å²) in [6.07, 6.45) is 4.71. The average molecular weight is 396 g/mol. The maximum Gasteiger partial charge on any atom is 0.194 e. The van der Waals surface area contributed by atoms with Crippen molar-refractivity contribution in [3.05, 3.63) is 88.6 Å². The van der Waals surface area contributed by atoms with Gasteiger partial charge in [-0.3, -0.25) is 9.20 Å². The average Bonchev–Trinajstić information content (AvgIpc) is 3.27. The fourth-order valence-corrected chi connectivity index (χ4v) is 3.61. The number of halogens is 2. The van der Waals surface area contributed by atoms with Gasteiger partial charge in [0.1, 0.15) is 11.6 Å². The summed E-state index contributed by atoms with van der Waals surface area (Å²) >= 11 is 1.45. The highest BCUT2D eigenvalue weighted by Crippen LogP contribution is 2.28. The zero-order chi connectivity index (χ0) is 19.7. The van der Waals surface area contributed by atoms with Crippen LogP contribution in [0.4, 0.5) is 8.78 Å². The van der Waals surface area contributed by atoms with Gasteiger partial charge in [-0.15, -0.1) is 11.3 Å². The molecule has 0 aliphatic carbocycles. The summed E-state index contributed by atoms with van der Waals surface area (Å²) < 4.78 is 28.6. The first-order valence-electron chi connectivity index (χ1n) is 8.39. The second-order valence-electron chi connectivity index (χ2n) is 6.11. The standard InChI is InChI=1S/C21H14F2N2O2S/c22-16-9-15(10-17(23)11-16)19(27)6-5-18-20(24-21-25(18)7-8-28-21)14-3-1-13(12-26)2-4-14/h1-11,26H,12H2. The van der Waals surface area contributed by atoms with Gasteiger partial charge in [0, 0.05) is 28.8 Å². The molecule has 4 nitrogen and oxygen atoms in total. The number of hydrogen-bond donors (Lipinski definition) is 1. The van der Waals surface area contributed by atoms with E-state index in [-0.39, 0.29) is 12.2 Å². The monoisotopic (exact) mass is 396 g/mol. The Hall–Kier alpha value is -3.16. The summed E-state index contributed by atoms with van der Waals surface area (Å²) in [7, 11) is 0. The predicted octanol–water partition coefficient (Wildman–Crippen LogP) is 4.73. The third-order valence-electron chi connectivity index (χ3n) is 4.25. The number of benzene rings is 2. The lowest BCUT2D eigenvalue weighted by molar-refractivity contribution is 0.104. The van der Waals surface area contributed by atoms with Gasteiger partial charge in [-0.1, -0.05) is 24.3 Å². The van der Waals surface area contributed by atoms with E-state index in [1.807, 2.05) is 28.1 Å². The Morgan fingerprint density at radius 1 is 1.14 bits per heavy atom. The fourth-order valence-electron chi connectivity index (χ4n) is 2.89. The van der Waals surface area contributed by atoms with Crippen LogP contribution in [0.3, 0.4) is 0 Å². The van der Waals surface area contributed by atoms with Crippen molar-refractivity contribution in [2.45, 2.75) is 6.61 Å². The van der Waals surface area contributed by atoms with Gasteiger partial charge in [-0.25, -0.2) is 13.8 Å². The van der Waals surface area contributed by atoms with Gasteiger partial charge in [0.25, 0.3) is 0 Å². The van der Waals surface area contributed by atoms with Crippen molar-refractivity contribution in [3.8, 4) is 11.3 Å². The number of allylic oxidation sites excluding steroid dienone is 1. The highest BCUT2D eigenvalue weighted by atomic mass is 32.1. The predicted molar refractivity (Wildman–Crippen MR) is 104 cm³/mol. The minimum absolute atomic E-state index is 0.0516. The van der Waals surface area contributed by atoms with Crippen LogP contribution in [0.25, 0.3) is 22.3 Å². The van der Waals surface area contributed by atoms with E-state index in [0.717, 1.165) is 34.3 Å². The van der Waals surface area contributed by atoms with Crippen LogP contribution < -0.4 is 0 Å². The lowest BCUT2D eigenvalue weighted by atomic mass is 10.1. The number of fused-ring (bicyclic) bond motifs is 1. The summed E-state index contributed by atoms with van der Waals surface area (Å²) in [5.74, 6) is -2.11. The molecule has 0 saturated heterocycles. The van der Waals surface area contributed by atoms with Gasteiger partial charge in [0.2, 0.25) is 0 Å². The van der Waals surface area contributed by atoms with Crippen molar-refractivity contribution in [2.75, 3.05) is 0 Å². The lowest BCUT2D eigenvalue weighted by Gasteiger charge is -2.02. The Kier molecular flexibility index (Phi) is 4.85. The van der Waals surface area contributed by atoms with Crippen molar-refractivity contribution >= 4 is 28.2 Å². The largest absolute Gasteiger partial charge is 0.392 e. The molecular weight excluding hydrogens is 382 g/mol. The molecule has 2 heterocycles. The number of rotatable bonds is 5. The second kappa shape index (κ2) is 7.46. The Balaban J connectivity index is 1.73. The molecule has 2 aromatic carbocycles. The summed E-state index contributed by atoms with van der Waals surface area (Å²) in [4.78, 5) is 17.7. The zero-order valence-electron chi connectivity index (χ0n) is 14.5. The van der Waals surface area contributed by atoms with Crippen LogP contribution in [-0.2, 0) is 6.61 Å². The number of carbonyl (C=O) groups excluding carboxylic acids is 1. The third kappa shape index (κ3) is 3.49. The molecule has 28 heavy (non-hydrogen) atoms. The van der Waals surface area contributed by atoms with Crippen LogP contribution in [0.1, 0.15) is 21.6 Å². The number of hydrogen-bond acceptors (Lipinski definition) is 4. The molecule has 0 aliphatic rings. The van der Waals surface area contributed by atoms with Gasteiger partial charge < -0.3 is 5.11 Å². The lowest BCUT2D eigenvalue weighted by Crippen LogP contribution is -1.97. The normalized spacial score (nSPS) is 11.5. The smallest absolute Gasteiger partial charge is 0.194 e. The highest BCUT2D eigenvalue weighted by Gasteiger charge is 2.14. The summed E-state index contributed by atoms with van der Waals surface area (Å²) in [6.45, 7) is -0.0516. The summed E-state index contributed by atoms with van der Waals surface area (Å²) in [5.41, 5.74) is 2.90. The molecule has 4 rings (SSSR count). The van der Waals surface area contributed by atoms with Crippen LogP contribution >= 0.6 is 11.3 Å². The Bertz CT molecular complexity index is 1170. The number of ketones is 1. The van der Waals surface area contributed by atoms with Crippen LogP contribution in [0.2, 0.25) is 0 Å². The van der Waals surface area contributed by atoms with E-state index in [1.165, 1.54) is 17.4 Å². The van der Waals surface area contributed by atoms with Crippen molar-refractivity contribution in [1.29, 1.82) is 0 Å². The number of aliphatic hydroxyl groups excluding tert-OH is 1. The van der Waals surface area contributed by atoms with Gasteiger partial charge in [0.05, 0.1) is 18.0 Å². The van der Waals surface area contributed by atoms with Crippen LogP contribution in [-0.4, -0.2) is 20.3 Å². The first kappa shape index (κ1) is 18.2. The molecule has 1 N–H and O–H groups in total. The number of imidazole rings is 1. The SMILES string of the molecule is O=C(C=Cc1c(-c2ccc(CO)cc2)nc2sccn12)c1cc(F)cc(F)c1. The van der Waals surface area contributed by atoms with E-state index in [4.69, 9.17) is 0 Å². The molecule has 0 saturated carbocycles. The van der Waals surface area contributed by atoms with Crippen LogP contribution in [0, 0.1) is 11.6 Å². The molecular formula is C21H14F2N2O2S. The molecule has 0 fully saturated rings.